The first-order valence-electron chi connectivity index (χ1n) is 6.16. The maximum atomic E-state index is 12.6. The Morgan fingerprint density at radius 1 is 1.26 bits per heavy atom. The van der Waals surface area contributed by atoms with Crippen LogP contribution in [0.15, 0.2) is 29.2 Å². The van der Waals surface area contributed by atoms with E-state index in [0.29, 0.717) is 18.8 Å². The summed E-state index contributed by atoms with van der Waals surface area (Å²) in [6, 6.07) is 6.61. The van der Waals surface area contributed by atoms with Gasteiger partial charge in [-0.25, -0.2) is 8.42 Å². The zero-order chi connectivity index (χ0) is 14.0. The van der Waals surface area contributed by atoms with Crippen molar-refractivity contribution in [2.75, 3.05) is 18.5 Å². The first-order chi connectivity index (χ1) is 8.95. The Morgan fingerprint density at radius 3 is 2.42 bits per heavy atom. The third-order valence-electron chi connectivity index (χ3n) is 3.05. The Kier molecular flexibility index (Phi) is 4.10. The van der Waals surface area contributed by atoms with Crippen molar-refractivity contribution in [2.45, 2.75) is 31.0 Å². The molecule has 1 saturated heterocycles. The Bertz CT molecular complexity index is 537. The van der Waals surface area contributed by atoms with Crippen LogP contribution in [0.4, 0.5) is 5.69 Å². The molecule has 2 rings (SSSR count). The Labute approximate surface area is 113 Å². The molecule has 3 N–H and O–H groups in total. The van der Waals surface area contributed by atoms with Gasteiger partial charge in [0.05, 0.1) is 17.9 Å². The number of anilines is 1. The molecule has 7 heteroatoms. The molecule has 1 aliphatic rings. The third kappa shape index (κ3) is 2.89. The molecule has 1 aromatic rings. The first kappa shape index (κ1) is 14.3. The zero-order valence-corrected chi connectivity index (χ0v) is 11.9. The van der Waals surface area contributed by atoms with Crippen molar-refractivity contribution in [3.05, 3.63) is 24.3 Å². The Balaban J connectivity index is 2.36. The molecule has 6 nitrogen and oxygen atoms in total. The fraction of sp³-hybridized carbons (Fsp3) is 0.500. The molecule has 1 heterocycles. The van der Waals surface area contributed by atoms with Gasteiger partial charge in [0.25, 0.3) is 0 Å². The second kappa shape index (κ2) is 5.46. The van der Waals surface area contributed by atoms with Gasteiger partial charge in [0.2, 0.25) is 10.0 Å². The number of nitrogens with two attached hydrogens (primary N) is 1. The minimum atomic E-state index is -3.56. The fourth-order valence-corrected chi connectivity index (χ4v) is 4.02. The van der Waals surface area contributed by atoms with Crippen molar-refractivity contribution in [2.24, 2.45) is 5.84 Å². The summed E-state index contributed by atoms with van der Waals surface area (Å²) < 4.78 is 32.3. The van der Waals surface area contributed by atoms with Crippen LogP contribution < -0.4 is 11.3 Å². The highest BCUT2D eigenvalue weighted by atomic mass is 32.2. The van der Waals surface area contributed by atoms with Gasteiger partial charge >= 0.3 is 0 Å². The molecule has 0 aliphatic carbocycles. The number of nitrogens with one attached hydrogen (secondary N) is 1. The minimum Gasteiger partial charge on any atom is -0.373 e. The summed E-state index contributed by atoms with van der Waals surface area (Å²) in [4.78, 5) is 0.193. The SMILES string of the molecule is CC1CN(S(=O)(=O)c2ccccc2NN)CC(C)O1. The molecule has 0 radical (unpaired) electrons. The molecule has 1 aliphatic heterocycles. The normalized spacial score (nSPS) is 25.2. The van der Waals surface area contributed by atoms with Gasteiger partial charge < -0.3 is 10.2 Å². The Hall–Kier alpha value is -1.15. The number of morpholine rings is 1. The van der Waals surface area contributed by atoms with Gasteiger partial charge in [0.15, 0.2) is 0 Å². The number of hydrogen-bond donors (Lipinski definition) is 2. The van der Waals surface area contributed by atoms with E-state index in [0.717, 1.165) is 0 Å². The number of hydrazine groups is 1. The number of hydrogen-bond acceptors (Lipinski definition) is 5. The van der Waals surface area contributed by atoms with E-state index in [-0.39, 0.29) is 17.1 Å². The number of nitrogen functional groups attached to an aromatic ring is 1. The second-order valence-electron chi connectivity index (χ2n) is 4.72. The van der Waals surface area contributed by atoms with E-state index in [4.69, 9.17) is 10.6 Å². The lowest BCUT2D eigenvalue weighted by Gasteiger charge is -2.34. The van der Waals surface area contributed by atoms with Gasteiger partial charge in [0, 0.05) is 13.1 Å². The van der Waals surface area contributed by atoms with Crippen LogP contribution in [-0.2, 0) is 14.8 Å². The third-order valence-corrected chi connectivity index (χ3v) is 4.94. The average Bonchev–Trinajstić information content (AvgIpc) is 2.37. The molecule has 0 amide bonds. The van der Waals surface area contributed by atoms with E-state index >= 15 is 0 Å². The molecule has 1 fully saturated rings. The summed E-state index contributed by atoms with van der Waals surface area (Å²) in [5, 5.41) is 0. The molecular formula is C12H19N3O3S. The monoisotopic (exact) mass is 285 g/mol. The number of para-hydroxylation sites is 1. The highest BCUT2D eigenvalue weighted by Gasteiger charge is 2.33. The highest BCUT2D eigenvalue weighted by molar-refractivity contribution is 7.89. The van der Waals surface area contributed by atoms with Gasteiger partial charge in [-0.05, 0) is 26.0 Å². The lowest BCUT2D eigenvalue weighted by atomic mass is 10.3. The summed E-state index contributed by atoms with van der Waals surface area (Å²) in [6.07, 6.45) is -0.229. The van der Waals surface area contributed by atoms with Crippen molar-refractivity contribution < 1.29 is 13.2 Å². The molecule has 2 unspecified atom stereocenters. The fourth-order valence-electron chi connectivity index (χ4n) is 2.28. The van der Waals surface area contributed by atoms with Crippen molar-refractivity contribution in [3.63, 3.8) is 0 Å². The van der Waals surface area contributed by atoms with E-state index < -0.39 is 10.0 Å². The predicted molar refractivity (Wildman–Crippen MR) is 73.0 cm³/mol. The summed E-state index contributed by atoms with van der Waals surface area (Å²) in [7, 11) is -3.56. The van der Waals surface area contributed by atoms with Crippen LogP contribution in [0.5, 0.6) is 0 Å². The smallest absolute Gasteiger partial charge is 0.245 e. The van der Waals surface area contributed by atoms with E-state index in [1.54, 1.807) is 24.3 Å². The Morgan fingerprint density at radius 2 is 1.84 bits per heavy atom. The second-order valence-corrected chi connectivity index (χ2v) is 6.63. The maximum Gasteiger partial charge on any atom is 0.245 e. The van der Waals surface area contributed by atoms with Gasteiger partial charge in [0.1, 0.15) is 4.90 Å². The van der Waals surface area contributed by atoms with E-state index in [1.165, 1.54) is 4.31 Å². The predicted octanol–water partition coefficient (Wildman–Crippen LogP) is 0.770. The first-order valence-corrected chi connectivity index (χ1v) is 7.60. The molecule has 0 saturated carbocycles. The van der Waals surface area contributed by atoms with Crippen LogP contribution in [0.3, 0.4) is 0 Å². The standard InChI is InChI=1S/C12H19N3O3S/c1-9-7-15(8-10(2)18-9)19(16,17)12-6-4-3-5-11(12)14-13/h3-6,9-10,14H,7-8,13H2,1-2H3. The van der Waals surface area contributed by atoms with E-state index in [9.17, 15) is 8.42 Å². The van der Waals surface area contributed by atoms with Gasteiger partial charge in [-0.15, -0.1) is 0 Å². The number of rotatable bonds is 3. The lowest BCUT2D eigenvalue weighted by molar-refractivity contribution is -0.0440. The van der Waals surface area contributed by atoms with Crippen LogP contribution in [0.25, 0.3) is 0 Å². The van der Waals surface area contributed by atoms with Crippen LogP contribution in [0.1, 0.15) is 13.8 Å². The summed E-state index contributed by atoms with van der Waals surface area (Å²) in [5.41, 5.74) is 2.82. The minimum absolute atomic E-state index is 0.114. The van der Waals surface area contributed by atoms with Crippen LogP contribution in [0.2, 0.25) is 0 Å². The van der Waals surface area contributed by atoms with Gasteiger partial charge in [-0.1, -0.05) is 12.1 Å². The molecule has 0 spiro atoms. The van der Waals surface area contributed by atoms with Crippen molar-refractivity contribution >= 4 is 15.7 Å². The lowest BCUT2D eigenvalue weighted by Crippen LogP contribution is -2.48. The molecule has 2 atom stereocenters. The summed E-state index contributed by atoms with van der Waals surface area (Å²) >= 11 is 0. The van der Waals surface area contributed by atoms with Crippen LogP contribution >= 0.6 is 0 Å². The van der Waals surface area contributed by atoms with Crippen LogP contribution in [0, 0.1) is 0 Å². The van der Waals surface area contributed by atoms with E-state index in [1.807, 2.05) is 13.8 Å². The topological polar surface area (TPSA) is 84.7 Å². The molecular weight excluding hydrogens is 266 g/mol. The van der Waals surface area contributed by atoms with Gasteiger partial charge in [-0.3, -0.25) is 5.84 Å². The van der Waals surface area contributed by atoms with Crippen LogP contribution in [-0.4, -0.2) is 38.0 Å². The molecule has 19 heavy (non-hydrogen) atoms. The van der Waals surface area contributed by atoms with Crippen molar-refractivity contribution in [3.8, 4) is 0 Å². The zero-order valence-electron chi connectivity index (χ0n) is 11.0. The molecule has 106 valence electrons. The number of sulfonamides is 1. The van der Waals surface area contributed by atoms with Crippen molar-refractivity contribution in [1.82, 2.24) is 4.31 Å². The summed E-state index contributed by atoms with van der Waals surface area (Å²) in [6.45, 7) is 4.44. The quantitative estimate of drug-likeness (QED) is 0.633. The maximum absolute atomic E-state index is 12.6. The van der Waals surface area contributed by atoms with Crippen molar-refractivity contribution in [1.29, 1.82) is 0 Å². The molecule has 0 bridgehead atoms. The molecule has 1 aromatic carbocycles. The average molecular weight is 285 g/mol. The number of nitrogens with zero attached hydrogens (tertiary/aromatic N) is 1. The van der Waals surface area contributed by atoms with Gasteiger partial charge in [-0.2, -0.15) is 4.31 Å². The largest absolute Gasteiger partial charge is 0.373 e. The summed E-state index contributed by atoms with van der Waals surface area (Å²) in [5.74, 6) is 5.37. The molecule has 0 aromatic heterocycles. The highest BCUT2D eigenvalue weighted by Crippen LogP contribution is 2.26. The number of ether oxygens (including phenoxy) is 1. The number of benzene rings is 1. The van der Waals surface area contributed by atoms with E-state index in [2.05, 4.69) is 5.43 Å².